The Morgan fingerprint density at radius 2 is 0.815 bits per heavy atom. The lowest BCUT2D eigenvalue weighted by molar-refractivity contribution is -0.123. The minimum atomic E-state index is -1.60. The van der Waals surface area contributed by atoms with Crippen LogP contribution in [0.4, 0.5) is 0 Å². The van der Waals surface area contributed by atoms with E-state index < -0.39 is 52.6 Å². The minimum absolute atomic E-state index is 0.0170. The molecule has 276 valence electrons. The fourth-order valence-corrected chi connectivity index (χ4v) is 6.60. The van der Waals surface area contributed by atoms with E-state index in [0.717, 1.165) is 11.1 Å². The van der Waals surface area contributed by atoms with Crippen LogP contribution in [0.25, 0.3) is 0 Å². The monoisotopic (exact) mass is 732 g/mol. The van der Waals surface area contributed by atoms with Crippen molar-refractivity contribution < 1.29 is 52.5 Å². The summed E-state index contributed by atoms with van der Waals surface area (Å²) in [5.41, 5.74) is 1.57. The lowest BCUT2D eigenvalue weighted by atomic mass is 9.96. The SMILES string of the molecule is COc1cc(CCNC(=O)C2C(=O)c3ccc(C(=O)c4ccc5c(c4)C(=O)C(C(=O)NCCc4cc(OC)cc(OC)c4)C5=O)cc3C2=O)cc(OC)c1. The second kappa shape index (κ2) is 15.5. The molecular weight excluding hydrogens is 696 g/mol. The Hall–Kier alpha value is -6.63. The van der Waals surface area contributed by atoms with Crippen LogP contribution in [0.1, 0.15) is 68.5 Å². The Kier molecular flexibility index (Phi) is 10.7. The predicted molar refractivity (Wildman–Crippen MR) is 193 cm³/mol. The van der Waals surface area contributed by atoms with Gasteiger partial charge in [0.1, 0.15) is 23.0 Å². The van der Waals surface area contributed by atoms with Crippen LogP contribution in [0, 0.1) is 11.8 Å². The van der Waals surface area contributed by atoms with E-state index in [9.17, 15) is 33.6 Å². The van der Waals surface area contributed by atoms with Crippen molar-refractivity contribution in [1.82, 2.24) is 10.6 Å². The summed E-state index contributed by atoms with van der Waals surface area (Å²) in [5, 5.41) is 5.30. The zero-order valence-corrected chi connectivity index (χ0v) is 29.9. The molecule has 0 aromatic heterocycles. The first kappa shape index (κ1) is 37.1. The van der Waals surface area contributed by atoms with Crippen LogP contribution in [0.3, 0.4) is 0 Å². The minimum Gasteiger partial charge on any atom is -0.497 e. The molecule has 0 spiro atoms. The molecule has 13 nitrogen and oxygen atoms in total. The van der Waals surface area contributed by atoms with Crippen LogP contribution < -0.4 is 29.6 Å². The Morgan fingerprint density at radius 3 is 1.15 bits per heavy atom. The van der Waals surface area contributed by atoms with E-state index in [4.69, 9.17) is 18.9 Å². The zero-order valence-electron chi connectivity index (χ0n) is 29.9. The molecule has 54 heavy (non-hydrogen) atoms. The number of rotatable bonds is 14. The molecule has 0 radical (unpaired) electrons. The highest BCUT2D eigenvalue weighted by Gasteiger charge is 2.45. The van der Waals surface area contributed by atoms with E-state index in [2.05, 4.69) is 10.6 Å². The molecule has 2 unspecified atom stereocenters. The molecule has 2 amide bonds. The van der Waals surface area contributed by atoms with E-state index in [1.807, 2.05) is 0 Å². The Labute approximate surface area is 309 Å². The van der Waals surface area contributed by atoms with Crippen LogP contribution in [0.2, 0.25) is 0 Å². The Balaban J connectivity index is 1.10. The van der Waals surface area contributed by atoms with Crippen molar-refractivity contribution in [3.63, 3.8) is 0 Å². The summed E-state index contributed by atoms with van der Waals surface area (Å²) in [6.45, 7) is 0.265. The number of hydrogen-bond acceptors (Lipinski definition) is 11. The summed E-state index contributed by atoms with van der Waals surface area (Å²) in [6, 6.07) is 18.4. The third-order valence-corrected chi connectivity index (χ3v) is 9.45. The van der Waals surface area contributed by atoms with Gasteiger partial charge in [-0.2, -0.15) is 0 Å². The first-order valence-electron chi connectivity index (χ1n) is 17.0. The summed E-state index contributed by atoms with van der Waals surface area (Å²) in [4.78, 5) is 92.7. The highest BCUT2D eigenvalue weighted by atomic mass is 16.5. The van der Waals surface area contributed by atoms with Crippen molar-refractivity contribution >= 4 is 40.7 Å². The smallest absolute Gasteiger partial charge is 0.238 e. The zero-order chi connectivity index (χ0) is 38.7. The van der Waals surface area contributed by atoms with Crippen LogP contribution in [0.5, 0.6) is 23.0 Å². The summed E-state index contributed by atoms with van der Waals surface area (Å²) in [6.07, 6.45) is 0.751. The Bertz CT molecular complexity index is 2040. The van der Waals surface area contributed by atoms with Crippen molar-refractivity contribution in [1.29, 1.82) is 0 Å². The average molecular weight is 733 g/mol. The third kappa shape index (κ3) is 7.20. The van der Waals surface area contributed by atoms with Crippen molar-refractivity contribution in [2.24, 2.45) is 11.8 Å². The quantitative estimate of drug-likeness (QED) is 0.143. The summed E-state index contributed by atoms with van der Waals surface area (Å²) < 4.78 is 21.1. The maximum absolute atomic E-state index is 13.6. The van der Waals surface area contributed by atoms with Crippen LogP contribution in [-0.2, 0) is 22.4 Å². The van der Waals surface area contributed by atoms with Gasteiger partial charge in [-0.25, -0.2) is 0 Å². The lowest BCUT2D eigenvalue weighted by Gasteiger charge is -2.11. The van der Waals surface area contributed by atoms with Gasteiger partial charge in [-0.15, -0.1) is 0 Å². The van der Waals surface area contributed by atoms with Crippen molar-refractivity contribution in [2.45, 2.75) is 12.8 Å². The third-order valence-electron chi connectivity index (χ3n) is 9.45. The summed E-state index contributed by atoms with van der Waals surface area (Å²) in [7, 11) is 6.08. The second-order valence-electron chi connectivity index (χ2n) is 12.7. The molecule has 2 aliphatic carbocycles. The van der Waals surface area contributed by atoms with Crippen molar-refractivity contribution in [3.05, 3.63) is 117 Å². The molecular formula is C41H36N2O11. The molecule has 0 saturated carbocycles. The van der Waals surface area contributed by atoms with Crippen molar-refractivity contribution in [3.8, 4) is 23.0 Å². The number of Topliss-reactive ketones (excluding diaryl/α,β-unsaturated/α-hetero) is 4. The molecule has 0 saturated heterocycles. The van der Waals surface area contributed by atoms with Gasteiger partial charge in [0.25, 0.3) is 0 Å². The number of carbonyl (C=O) groups is 7. The summed E-state index contributed by atoms with van der Waals surface area (Å²) in [5.74, 6) is -5.85. The van der Waals surface area contributed by atoms with E-state index in [-0.39, 0.29) is 46.5 Å². The molecule has 4 aromatic carbocycles. The van der Waals surface area contributed by atoms with Crippen LogP contribution in [0.15, 0.2) is 72.8 Å². The maximum Gasteiger partial charge on any atom is 0.238 e. The van der Waals surface area contributed by atoms with Gasteiger partial charge in [-0.3, -0.25) is 33.6 Å². The van der Waals surface area contributed by atoms with Crippen LogP contribution >= 0.6 is 0 Å². The molecule has 0 fully saturated rings. The highest BCUT2D eigenvalue weighted by Crippen LogP contribution is 2.32. The average Bonchev–Trinajstić information content (AvgIpc) is 3.59. The van der Waals surface area contributed by atoms with Gasteiger partial charge in [0, 0.05) is 58.6 Å². The van der Waals surface area contributed by atoms with Crippen LogP contribution in [-0.4, -0.2) is 82.3 Å². The number of benzene rings is 4. The van der Waals surface area contributed by atoms with Gasteiger partial charge < -0.3 is 29.6 Å². The van der Waals surface area contributed by atoms with E-state index in [1.165, 1.54) is 64.8 Å². The number of ether oxygens (including phenoxy) is 4. The Morgan fingerprint density at radius 1 is 0.481 bits per heavy atom. The molecule has 2 N–H and O–H groups in total. The number of fused-ring (bicyclic) bond motifs is 2. The predicted octanol–water partition coefficient (Wildman–Crippen LogP) is 3.66. The van der Waals surface area contributed by atoms with Gasteiger partial charge >= 0.3 is 0 Å². The second-order valence-corrected chi connectivity index (χ2v) is 12.7. The first-order chi connectivity index (χ1) is 26.0. The molecule has 4 aromatic rings. The van der Waals surface area contributed by atoms with E-state index in [1.54, 1.807) is 36.4 Å². The molecule has 2 atom stereocenters. The fraction of sp³-hybridized carbons (Fsp3) is 0.244. The van der Waals surface area contributed by atoms with Gasteiger partial charge in [-0.05, 0) is 72.5 Å². The largest absolute Gasteiger partial charge is 0.497 e. The lowest BCUT2D eigenvalue weighted by Crippen LogP contribution is -2.37. The molecule has 6 rings (SSSR count). The number of amides is 2. The van der Waals surface area contributed by atoms with E-state index in [0.29, 0.717) is 35.8 Å². The number of hydrogen-bond donors (Lipinski definition) is 2. The normalized spacial score (nSPS) is 15.7. The number of carbonyl (C=O) groups excluding carboxylic acids is 7. The van der Waals surface area contributed by atoms with E-state index >= 15 is 0 Å². The first-order valence-corrected chi connectivity index (χ1v) is 17.0. The number of nitrogens with one attached hydrogen (secondary N) is 2. The standard InChI is InChI=1S/C41H36N2O11/c1-51-25-13-21(14-26(19-25)52-2)9-11-42-40(49)33-36(45)29-7-5-23(17-31(29)38(33)47)35(44)24-6-8-30-32(18-24)39(48)34(37(30)46)41(50)43-12-10-22-15-27(53-3)20-28(16-22)54-4/h5-8,13-20,33-34H,9-12H2,1-4H3,(H,42,49)(H,43,50). The molecule has 2 aliphatic rings. The fourth-order valence-electron chi connectivity index (χ4n) is 6.60. The number of methoxy groups -OCH3 is 4. The van der Waals surface area contributed by atoms with Gasteiger partial charge in [0.2, 0.25) is 11.8 Å². The topological polar surface area (TPSA) is 180 Å². The highest BCUT2D eigenvalue weighted by molar-refractivity contribution is 6.36. The van der Waals surface area contributed by atoms with Crippen molar-refractivity contribution in [2.75, 3.05) is 41.5 Å². The van der Waals surface area contributed by atoms with Gasteiger partial charge in [-0.1, -0.05) is 12.1 Å². The number of ketones is 5. The summed E-state index contributed by atoms with van der Waals surface area (Å²) >= 11 is 0. The molecule has 0 heterocycles. The molecule has 0 aliphatic heterocycles. The van der Waals surface area contributed by atoms with Gasteiger partial charge in [0.05, 0.1) is 28.4 Å². The molecule has 0 bridgehead atoms. The molecule has 13 heteroatoms. The maximum atomic E-state index is 13.6. The van der Waals surface area contributed by atoms with Gasteiger partial charge in [0.15, 0.2) is 40.8 Å².